The van der Waals surface area contributed by atoms with Crippen LogP contribution in [0.15, 0.2) is 0 Å². The Morgan fingerprint density at radius 2 is 2.10 bits per heavy atom. The van der Waals surface area contributed by atoms with E-state index in [4.69, 9.17) is 4.74 Å². The number of ether oxygens (including phenoxy) is 1. The van der Waals surface area contributed by atoms with Gasteiger partial charge in [-0.05, 0) is 66.0 Å². The number of carbonyl (C=O) groups excluding carboxylic acids is 1. The average Bonchev–Trinajstić information content (AvgIpc) is 2.82. The third kappa shape index (κ3) is 4.19. The Labute approximate surface area is 124 Å². The second-order valence-electron chi connectivity index (χ2n) is 6.26. The third-order valence-electron chi connectivity index (χ3n) is 4.95. The molecule has 4 nitrogen and oxygen atoms in total. The zero-order valence-corrected chi connectivity index (χ0v) is 13.9. The lowest BCUT2D eigenvalue weighted by molar-refractivity contribution is -0.148. The van der Waals surface area contributed by atoms with Gasteiger partial charge >= 0.3 is 5.97 Å². The summed E-state index contributed by atoms with van der Waals surface area (Å²) < 4.78 is 4.88. The van der Waals surface area contributed by atoms with Gasteiger partial charge in [-0.15, -0.1) is 0 Å². The third-order valence-corrected chi connectivity index (χ3v) is 4.95. The van der Waals surface area contributed by atoms with Gasteiger partial charge in [0.1, 0.15) is 5.54 Å². The maximum Gasteiger partial charge on any atom is 0.325 e. The first-order chi connectivity index (χ1) is 9.48. The molecule has 4 heteroatoms. The van der Waals surface area contributed by atoms with Gasteiger partial charge in [-0.3, -0.25) is 9.69 Å². The number of methoxy groups -OCH3 is 1. The highest BCUT2D eigenvalue weighted by atomic mass is 16.5. The van der Waals surface area contributed by atoms with Gasteiger partial charge in [-0.25, -0.2) is 0 Å². The summed E-state index contributed by atoms with van der Waals surface area (Å²) in [6.45, 7) is 7.69. The number of unbranched alkanes of at least 4 members (excludes halogenated alkanes) is 1. The van der Waals surface area contributed by atoms with Crippen LogP contribution < -0.4 is 5.32 Å². The van der Waals surface area contributed by atoms with E-state index in [0.717, 1.165) is 37.9 Å². The molecule has 1 aliphatic heterocycles. The molecule has 0 saturated carbocycles. The van der Waals surface area contributed by atoms with E-state index in [1.165, 1.54) is 26.4 Å². The van der Waals surface area contributed by atoms with Crippen LogP contribution in [-0.4, -0.2) is 49.2 Å². The molecule has 1 rings (SSSR count). The van der Waals surface area contributed by atoms with Crippen molar-refractivity contribution in [3.8, 4) is 0 Å². The summed E-state index contributed by atoms with van der Waals surface area (Å²) in [4.78, 5) is 14.4. The summed E-state index contributed by atoms with van der Waals surface area (Å²) in [5.74, 6) is -0.166. The molecular weight excluding hydrogens is 252 g/mol. The molecule has 1 N–H and O–H groups in total. The van der Waals surface area contributed by atoms with Gasteiger partial charge < -0.3 is 10.1 Å². The molecule has 0 amide bonds. The Hall–Kier alpha value is -0.610. The number of hydrogen-bond donors (Lipinski definition) is 1. The molecule has 0 spiro atoms. The van der Waals surface area contributed by atoms with Gasteiger partial charge in [0.05, 0.1) is 7.11 Å². The SMILES string of the molecule is CCC1CCC(C)N1CCCCC(C)(NC)C(=O)OC. The second-order valence-corrected chi connectivity index (χ2v) is 6.26. The molecular formula is C16H32N2O2. The van der Waals surface area contributed by atoms with E-state index in [1.54, 1.807) is 0 Å². The van der Waals surface area contributed by atoms with Crippen LogP contribution in [0.1, 0.15) is 59.3 Å². The number of nitrogens with one attached hydrogen (secondary N) is 1. The lowest BCUT2D eigenvalue weighted by Gasteiger charge is -2.29. The predicted octanol–water partition coefficient (Wildman–Crippen LogP) is 2.57. The van der Waals surface area contributed by atoms with Gasteiger partial charge in [-0.2, -0.15) is 0 Å². The zero-order chi connectivity index (χ0) is 15.2. The number of likely N-dealkylation sites (tertiary alicyclic amines) is 1. The quantitative estimate of drug-likeness (QED) is 0.549. The van der Waals surface area contributed by atoms with Crippen LogP contribution in [0.3, 0.4) is 0 Å². The van der Waals surface area contributed by atoms with Crippen molar-refractivity contribution >= 4 is 5.97 Å². The molecule has 20 heavy (non-hydrogen) atoms. The Kier molecular flexibility index (Phi) is 6.96. The first-order valence-corrected chi connectivity index (χ1v) is 8.01. The van der Waals surface area contributed by atoms with Crippen molar-refractivity contribution in [1.82, 2.24) is 10.2 Å². The number of hydrogen-bond acceptors (Lipinski definition) is 4. The summed E-state index contributed by atoms with van der Waals surface area (Å²) in [6, 6.07) is 1.48. The number of carbonyl (C=O) groups is 1. The van der Waals surface area contributed by atoms with Gasteiger partial charge in [-0.1, -0.05) is 6.92 Å². The molecule has 1 fully saturated rings. The molecule has 0 radical (unpaired) electrons. The minimum Gasteiger partial charge on any atom is -0.468 e. The number of rotatable bonds is 8. The van der Waals surface area contributed by atoms with Crippen molar-refractivity contribution in [3.05, 3.63) is 0 Å². The maximum absolute atomic E-state index is 11.8. The van der Waals surface area contributed by atoms with Crippen molar-refractivity contribution in [3.63, 3.8) is 0 Å². The van der Waals surface area contributed by atoms with E-state index in [0.29, 0.717) is 0 Å². The van der Waals surface area contributed by atoms with E-state index in [1.807, 2.05) is 14.0 Å². The van der Waals surface area contributed by atoms with E-state index in [9.17, 15) is 4.79 Å². The van der Waals surface area contributed by atoms with Crippen LogP contribution in [0.5, 0.6) is 0 Å². The standard InChI is InChI=1S/C16H32N2O2/c1-6-14-10-9-13(2)18(14)12-8-7-11-16(3,17-4)15(19)20-5/h13-14,17H,6-12H2,1-5H3. The zero-order valence-electron chi connectivity index (χ0n) is 13.9. The molecule has 1 aliphatic rings. The maximum atomic E-state index is 11.8. The summed E-state index contributed by atoms with van der Waals surface area (Å²) >= 11 is 0. The van der Waals surface area contributed by atoms with Crippen LogP contribution in [0.4, 0.5) is 0 Å². The van der Waals surface area contributed by atoms with Gasteiger partial charge in [0.25, 0.3) is 0 Å². The fraction of sp³-hybridized carbons (Fsp3) is 0.938. The normalized spacial score (nSPS) is 26.4. The van der Waals surface area contributed by atoms with Crippen LogP contribution >= 0.6 is 0 Å². The molecule has 118 valence electrons. The molecule has 0 bridgehead atoms. The summed E-state index contributed by atoms with van der Waals surface area (Å²) in [5, 5.41) is 3.10. The summed E-state index contributed by atoms with van der Waals surface area (Å²) in [7, 11) is 3.28. The van der Waals surface area contributed by atoms with Crippen molar-refractivity contribution in [2.45, 2.75) is 76.9 Å². The Morgan fingerprint density at radius 1 is 1.40 bits per heavy atom. The van der Waals surface area contributed by atoms with Gasteiger partial charge in [0.2, 0.25) is 0 Å². The molecule has 1 heterocycles. The average molecular weight is 284 g/mol. The molecule has 1 saturated heterocycles. The Balaban J connectivity index is 2.35. The van der Waals surface area contributed by atoms with E-state index >= 15 is 0 Å². The lowest BCUT2D eigenvalue weighted by Crippen LogP contribution is -2.48. The Bertz CT molecular complexity index is 309. The first kappa shape index (κ1) is 17.4. The highest BCUT2D eigenvalue weighted by molar-refractivity contribution is 5.80. The number of esters is 1. The topological polar surface area (TPSA) is 41.6 Å². The van der Waals surface area contributed by atoms with Crippen molar-refractivity contribution in [2.24, 2.45) is 0 Å². The smallest absolute Gasteiger partial charge is 0.325 e. The minimum absolute atomic E-state index is 0.166. The lowest BCUT2D eigenvalue weighted by atomic mass is 9.95. The first-order valence-electron chi connectivity index (χ1n) is 8.01. The van der Waals surface area contributed by atoms with Gasteiger partial charge in [0.15, 0.2) is 0 Å². The van der Waals surface area contributed by atoms with Crippen molar-refractivity contribution in [1.29, 1.82) is 0 Å². The van der Waals surface area contributed by atoms with Crippen LogP contribution in [0.2, 0.25) is 0 Å². The van der Waals surface area contributed by atoms with E-state index in [2.05, 4.69) is 24.1 Å². The fourth-order valence-corrected chi connectivity index (χ4v) is 3.29. The number of nitrogens with zero attached hydrogens (tertiary/aromatic N) is 1. The van der Waals surface area contributed by atoms with Gasteiger partial charge in [0, 0.05) is 12.1 Å². The van der Waals surface area contributed by atoms with Crippen molar-refractivity contribution < 1.29 is 9.53 Å². The fourth-order valence-electron chi connectivity index (χ4n) is 3.29. The van der Waals surface area contributed by atoms with Crippen LogP contribution in [-0.2, 0) is 9.53 Å². The monoisotopic (exact) mass is 284 g/mol. The Morgan fingerprint density at radius 3 is 2.65 bits per heavy atom. The molecule has 3 atom stereocenters. The predicted molar refractivity (Wildman–Crippen MR) is 82.8 cm³/mol. The van der Waals surface area contributed by atoms with E-state index < -0.39 is 5.54 Å². The molecule has 0 aromatic heterocycles. The highest BCUT2D eigenvalue weighted by Gasteiger charge is 2.32. The molecule has 0 aromatic rings. The minimum atomic E-state index is -0.546. The molecule has 0 aliphatic carbocycles. The second kappa shape index (κ2) is 7.99. The number of likely N-dealkylation sites (N-methyl/N-ethyl adjacent to an activating group) is 1. The largest absolute Gasteiger partial charge is 0.468 e. The van der Waals surface area contributed by atoms with Crippen LogP contribution in [0, 0.1) is 0 Å². The van der Waals surface area contributed by atoms with Crippen molar-refractivity contribution in [2.75, 3.05) is 20.7 Å². The summed E-state index contributed by atoms with van der Waals surface area (Å²) in [6.07, 6.45) is 6.94. The van der Waals surface area contributed by atoms with E-state index in [-0.39, 0.29) is 5.97 Å². The molecule has 0 aromatic carbocycles. The highest BCUT2D eigenvalue weighted by Crippen LogP contribution is 2.26. The van der Waals surface area contributed by atoms with Crippen LogP contribution in [0.25, 0.3) is 0 Å². The molecule has 3 unspecified atom stereocenters. The summed E-state index contributed by atoms with van der Waals surface area (Å²) in [5.41, 5.74) is -0.546.